The molecule has 0 aliphatic heterocycles. The van der Waals surface area contributed by atoms with Crippen molar-refractivity contribution in [3.8, 4) is 17.6 Å². The van der Waals surface area contributed by atoms with Gasteiger partial charge >= 0.3 is 0 Å². The Bertz CT molecular complexity index is 670. The maximum Gasteiger partial charge on any atom is 0.183 e. The lowest BCUT2D eigenvalue weighted by Crippen LogP contribution is -2.01. The average Bonchev–Trinajstić information content (AvgIpc) is 2.48. The molecule has 0 bridgehead atoms. The molecule has 0 fully saturated rings. The van der Waals surface area contributed by atoms with Crippen molar-refractivity contribution in [1.29, 1.82) is 5.26 Å². The molecule has 1 heterocycles. The van der Waals surface area contributed by atoms with Crippen LogP contribution in [0.3, 0.4) is 0 Å². The van der Waals surface area contributed by atoms with Crippen LogP contribution in [-0.4, -0.2) is 24.2 Å². The molecule has 0 saturated carbocycles. The number of rotatable bonds is 4. The van der Waals surface area contributed by atoms with Gasteiger partial charge in [-0.25, -0.2) is 9.97 Å². The van der Waals surface area contributed by atoms with Gasteiger partial charge in [-0.2, -0.15) is 5.26 Å². The second-order valence-electron chi connectivity index (χ2n) is 3.68. The highest BCUT2D eigenvalue weighted by atomic mass is 35.5. The van der Waals surface area contributed by atoms with Crippen molar-refractivity contribution in [3.05, 3.63) is 35.2 Å². The Kier molecular flexibility index (Phi) is 4.23. The van der Waals surface area contributed by atoms with Crippen LogP contribution >= 0.6 is 11.6 Å². The first-order valence-electron chi connectivity index (χ1n) is 5.59. The third-order valence-electron chi connectivity index (χ3n) is 2.53. The molecule has 6 nitrogen and oxygen atoms in total. The summed E-state index contributed by atoms with van der Waals surface area (Å²) >= 11 is 6.08. The van der Waals surface area contributed by atoms with Gasteiger partial charge in [-0.1, -0.05) is 11.6 Å². The van der Waals surface area contributed by atoms with Gasteiger partial charge in [0.05, 0.1) is 24.9 Å². The van der Waals surface area contributed by atoms with Crippen molar-refractivity contribution in [2.75, 3.05) is 19.5 Å². The summed E-state index contributed by atoms with van der Waals surface area (Å²) in [5.74, 6) is 1.34. The SMILES string of the molecule is COc1cc(OC)c(Nc2nccnc2C#N)cc1Cl. The molecule has 0 spiro atoms. The molecule has 1 aromatic heterocycles. The van der Waals surface area contributed by atoms with Crippen molar-refractivity contribution in [2.45, 2.75) is 0 Å². The van der Waals surface area contributed by atoms with E-state index >= 15 is 0 Å². The van der Waals surface area contributed by atoms with E-state index in [1.54, 1.807) is 12.1 Å². The smallest absolute Gasteiger partial charge is 0.183 e. The van der Waals surface area contributed by atoms with Crippen LogP contribution in [0.25, 0.3) is 0 Å². The summed E-state index contributed by atoms with van der Waals surface area (Å²) in [5, 5.41) is 12.4. The Labute approximate surface area is 120 Å². The molecular formula is C13H11ClN4O2. The Hall–Kier alpha value is -2.52. The Morgan fingerprint density at radius 1 is 1.15 bits per heavy atom. The molecule has 7 heteroatoms. The van der Waals surface area contributed by atoms with Gasteiger partial charge in [-0.05, 0) is 6.07 Å². The van der Waals surface area contributed by atoms with E-state index < -0.39 is 0 Å². The van der Waals surface area contributed by atoms with Crippen LogP contribution in [-0.2, 0) is 0 Å². The van der Waals surface area contributed by atoms with Gasteiger partial charge in [-0.15, -0.1) is 0 Å². The summed E-state index contributed by atoms with van der Waals surface area (Å²) in [6, 6.07) is 5.24. The second-order valence-corrected chi connectivity index (χ2v) is 4.08. The first kappa shape index (κ1) is 13.9. The minimum atomic E-state index is 0.182. The van der Waals surface area contributed by atoms with Crippen LogP contribution < -0.4 is 14.8 Å². The maximum absolute atomic E-state index is 8.99. The highest BCUT2D eigenvalue weighted by Crippen LogP contribution is 2.37. The van der Waals surface area contributed by atoms with E-state index in [4.69, 9.17) is 26.3 Å². The zero-order valence-corrected chi connectivity index (χ0v) is 11.6. The molecular weight excluding hydrogens is 280 g/mol. The molecule has 0 atom stereocenters. The summed E-state index contributed by atoms with van der Waals surface area (Å²) in [5.41, 5.74) is 0.747. The summed E-state index contributed by atoms with van der Waals surface area (Å²) in [4.78, 5) is 7.99. The normalized spacial score (nSPS) is 9.70. The number of nitriles is 1. The van der Waals surface area contributed by atoms with Crippen molar-refractivity contribution in [3.63, 3.8) is 0 Å². The first-order chi connectivity index (χ1) is 9.69. The number of aromatic nitrogens is 2. The third-order valence-corrected chi connectivity index (χ3v) is 2.83. The number of halogens is 1. The molecule has 0 aliphatic carbocycles. The second kappa shape index (κ2) is 6.08. The Morgan fingerprint density at radius 2 is 1.85 bits per heavy atom. The topological polar surface area (TPSA) is 80.1 Å². The van der Waals surface area contributed by atoms with Crippen molar-refractivity contribution in [1.82, 2.24) is 9.97 Å². The van der Waals surface area contributed by atoms with E-state index in [2.05, 4.69) is 15.3 Å². The van der Waals surface area contributed by atoms with E-state index in [1.807, 2.05) is 6.07 Å². The quantitative estimate of drug-likeness (QED) is 0.932. The summed E-state index contributed by atoms with van der Waals surface area (Å²) in [7, 11) is 3.04. The minimum Gasteiger partial charge on any atom is -0.495 e. The van der Waals surface area contributed by atoms with Crippen LogP contribution in [0.4, 0.5) is 11.5 Å². The molecule has 0 unspecified atom stereocenters. The fraction of sp³-hybridized carbons (Fsp3) is 0.154. The van der Waals surface area contributed by atoms with E-state index in [1.165, 1.54) is 26.6 Å². The summed E-state index contributed by atoms with van der Waals surface area (Å²) in [6.45, 7) is 0. The number of ether oxygens (including phenoxy) is 2. The fourth-order valence-corrected chi connectivity index (χ4v) is 1.84. The van der Waals surface area contributed by atoms with Crippen molar-refractivity contribution in [2.24, 2.45) is 0 Å². The maximum atomic E-state index is 8.99. The molecule has 0 amide bonds. The molecule has 1 aromatic carbocycles. The molecule has 0 radical (unpaired) electrons. The van der Waals surface area contributed by atoms with Gasteiger partial charge in [0.1, 0.15) is 17.6 Å². The van der Waals surface area contributed by atoms with E-state index in [0.29, 0.717) is 28.0 Å². The average molecular weight is 291 g/mol. The third kappa shape index (κ3) is 2.73. The monoisotopic (exact) mass is 290 g/mol. The van der Waals surface area contributed by atoms with Crippen LogP contribution in [0.5, 0.6) is 11.5 Å². The fourth-order valence-electron chi connectivity index (χ4n) is 1.60. The number of hydrogen-bond acceptors (Lipinski definition) is 6. The number of hydrogen-bond donors (Lipinski definition) is 1. The van der Waals surface area contributed by atoms with Gasteiger partial charge in [0.2, 0.25) is 0 Å². The largest absolute Gasteiger partial charge is 0.495 e. The predicted octanol–water partition coefficient (Wildman–Crippen LogP) is 2.76. The number of nitrogens with zero attached hydrogens (tertiary/aromatic N) is 3. The summed E-state index contributed by atoms with van der Waals surface area (Å²) < 4.78 is 10.4. The number of methoxy groups -OCH3 is 2. The Morgan fingerprint density at radius 3 is 2.50 bits per heavy atom. The van der Waals surface area contributed by atoms with Crippen molar-refractivity contribution < 1.29 is 9.47 Å². The molecule has 0 aliphatic rings. The van der Waals surface area contributed by atoms with E-state index in [-0.39, 0.29) is 5.69 Å². The van der Waals surface area contributed by atoms with Crippen molar-refractivity contribution >= 4 is 23.1 Å². The lowest BCUT2D eigenvalue weighted by atomic mass is 10.2. The Balaban J connectivity index is 2.43. The highest BCUT2D eigenvalue weighted by Gasteiger charge is 2.12. The standard InChI is InChI=1S/C13H11ClN4O2/c1-19-11-6-12(20-2)9(5-8(11)14)18-13-10(7-15)16-3-4-17-13/h3-6H,1-2H3,(H,17,18). The molecule has 2 aromatic rings. The lowest BCUT2D eigenvalue weighted by Gasteiger charge is -2.13. The van der Waals surface area contributed by atoms with E-state index in [9.17, 15) is 0 Å². The molecule has 0 saturated heterocycles. The van der Waals surface area contributed by atoms with Gasteiger partial charge < -0.3 is 14.8 Å². The number of anilines is 2. The highest BCUT2D eigenvalue weighted by molar-refractivity contribution is 6.32. The van der Waals surface area contributed by atoms with Gasteiger partial charge in [-0.3, -0.25) is 0 Å². The predicted molar refractivity (Wildman–Crippen MR) is 74.6 cm³/mol. The first-order valence-corrected chi connectivity index (χ1v) is 5.97. The van der Waals surface area contributed by atoms with Crippen LogP contribution in [0, 0.1) is 11.3 Å². The zero-order valence-electron chi connectivity index (χ0n) is 10.8. The summed E-state index contributed by atoms with van der Waals surface area (Å²) in [6.07, 6.45) is 2.93. The van der Waals surface area contributed by atoms with Gasteiger partial charge in [0.25, 0.3) is 0 Å². The minimum absolute atomic E-state index is 0.182. The number of nitrogens with one attached hydrogen (secondary N) is 1. The molecule has 1 N–H and O–H groups in total. The van der Waals surface area contributed by atoms with Gasteiger partial charge in [0.15, 0.2) is 11.5 Å². The zero-order chi connectivity index (χ0) is 14.5. The van der Waals surface area contributed by atoms with Crippen LogP contribution in [0.2, 0.25) is 5.02 Å². The molecule has 2 rings (SSSR count). The van der Waals surface area contributed by atoms with Gasteiger partial charge in [0, 0.05) is 18.5 Å². The van der Waals surface area contributed by atoms with E-state index in [0.717, 1.165) is 0 Å². The van der Waals surface area contributed by atoms with Crippen LogP contribution in [0.15, 0.2) is 24.5 Å². The lowest BCUT2D eigenvalue weighted by molar-refractivity contribution is 0.396. The molecule has 102 valence electrons. The molecule has 20 heavy (non-hydrogen) atoms. The number of benzene rings is 1. The van der Waals surface area contributed by atoms with Crippen LogP contribution in [0.1, 0.15) is 5.69 Å².